The third-order valence-corrected chi connectivity index (χ3v) is 5.25. The number of halogens is 2. The molecule has 0 bridgehead atoms. The number of nitrogens with zero attached hydrogens (tertiary/aromatic N) is 2. The maximum Gasteiger partial charge on any atom is 0.270 e. The molecule has 0 radical (unpaired) electrons. The molecular weight excluding hydrogens is 379 g/mol. The molecule has 1 heterocycles. The summed E-state index contributed by atoms with van der Waals surface area (Å²) in [5.74, 6) is -0.776. The number of thioether (sulfide) groups is 1. The van der Waals surface area contributed by atoms with Crippen molar-refractivity contribution in [3.63, 3.8) is 0 Å². The Morgan fingerprint density at radius 2 is 1.88 bits per heavy atom. The molecule has 2 aromatic rings. The van der Waals surface area contributed by atoms with Gasteiger partial charge in [0, 0.05) is 19.8 Å². The highest BCUT2D eigenvalue weighted by Gasteiger charge is 2.33. The Labute approximate surface area is 160 Å². The van der Waals surface area contributed by atoms with Gasteiger partial charge in [0.15, 0.2) is 4.32 Å². The maximum atomic E-state index is 13.3. The number of benzene rings is 2. The number of thiocarbonyl (C=S) groups is 1. The molecule has 3 nitrogen and oxygen atoms in total. The Hall–Kier alpha value is -1.89. The highest BCUT2D eigenvalue weighted by atomic mass is 35.5. The van der Waals surface area contributed by atoms with E-state index >= 15 is 0 Å². The molecule has 7 heteroatoms. The summed E-state index contributed by atoms with van der Waals surface area (Å²) in [4.78, 5) is 16.6. The normalized spacial score (nSPS) is 16.0. The molecule has 3 rings (SSSR count). The van der Waals surface area contributed by atoms with Crippen LogP contribution in [-0.4, -0.2) is 24.3 Å². The molecule has 1 aliphatic rings. The van der Waals surface area contributed by atoms with Gasteiger partial charge in [0.2, 0.25) is 0 Å². The molecule has 0 N–H and O–H groups in total. The van der Waals surface area contributed by atoms with Crippen molar-refractivity contribution < 1.29 is 9.18 Å². The van der Waals surface area contributed by atoms with Gasteiger partial charge < -0.3 is 4.90 Å². The number of amides is 1. The highest BCUT2D eigenvalue weighted by molar-refractivity contribution is 8.27. The van der Waals surface area contributed by atoms with Gasteiger partial charge in [0.1, 0.15) is 5.82 Å². The minimum atomic E-state index is -0.535. The van der Waals surface area contributed by atoms with E-state index in [2.05, 4.69) is 0 Å². The summed E-state index contributed by atoms with van der Waals surface area (Å²) in [5, 5.41) is -0.0465. The van der Waals surface area contributed by atoms with Crippen molar-refractivity contribution in [2.24, 2.45) is 0 Å². The molecule has 0 aromatic heterocycles. The van der Waals surface area contributed by atoms with E-state index in [9.17, 15) is 9.18 Å². The maximum absolute atomic E-state index is 13.3. The third-order valence-electron chi connectivity index (χ3n) is 3.66. The molecule has 0 aliphatic carbocycles. The van der Waals surface area contributed by atoms with Crippen LogP contribution in [-0.2, 0) is 4.79 Å². The number of hydrogen-bond donors (Lipinski definition) is 0. The predicted octanol–water partition coefficient (Wildman–Crippen LogP) is 4.95. The predicted molar refractivity (Wildman–Crippen MR) is 108 cm³/mol. The van der Waals surface area contributed by atoms with Crippen molar-refractivity contribution in [2.45, 2.75) is 0 Å². The number of anilines is 2. The van der Waals surface area contributed by atoms with E-state index in [1.165, 1.54) is 34.9 Å². The number of rotatable bonds is 3. The summed E-state index contributed by atoms with van der Waals surface area (Å²) in [6.07, 6.45) is 1.80. The first-order valence-electron chi connectivity index (χ1n) is 7.37. The molecule has 2 aromatic carbocycles. The molecule has 128 valence electrons. The van der Waals surface area contributed by atoms with Crippen molar-refractivity contribution in [3.8, 4) is 0 Å². The Morgan fingerprint density at radius 1 is 1.20 bits per heavy atom. The van der Waals surface area contributed by atoms with Crippen LogP contribution in [0.3, 0.4) is 0 Å². The van der Waals surface area contributed by atoms with Gasteiger partial charge in [0.05, 0.1) is 15.6 Å². The topological polar surface area (TPSA) is 23.6 Å². The molecular formula is C18H14ClFN2OS2. The van der Waals surface area contributed by atoms with Gasteiger partial charge in [0.25, 0.3) is 5.91 Å². The van der Waals surface area contributed by atoms with E-state index in [-0.39, 0.29) is 10.9 Å². The molecule has 1 fully saturated rings. The Bertz CT molecular complexity index is 881. The minimum absolute atomic E-state index is 0.0465. The van der Waals surface area contributed by atoms with E-state index in [1.807, 2.05) is 43.3 Å². The molecule has 1 saturated heterocycles. The second-order valence-corrected chi connectivity index (χ2v) is 7.68. The van der Waals surface area contributed by atoms with Crippen LogP contribution >= 0.6 is 35.6 Å². The summed E-state index contributed by atoms with van der Waals surface area (Å²) in [7, 11) is 3.93. The summed E-state index contributed by atoms with van der Waals surface area (Å²) < 4.78 is 13.7. The SMILES string of the molecule is CN(C)c1ccc(/C=C2/SC(=S)N(c3ccc(F)c(Cl)c3)C2=O)cc1. The molecule has 1 aliphatic heterocycles. The summed E-state index contributed by atoms with van der Waals surface area (Å²) in [6, 6.07) is 11.9. The fraction of sp³-hybridized carbons (Fsp3) is 0.111. The van der Waals surface area contributed by atoms with Gasteiger partial charge in [-0.05, 0) is 42.0 Å². The van der Waals surface area contributed by atoms with E-state index in [0.29, 0.717) is 14.9 Å². The number of hydrogen-bond acceptors (Lipinski definition) is 4. The van der Waals surface area contributed by atoms with Crippen LogP contribution in [0, 0.1) is 5.82 Å². The summed E-state index contributed by atoms with van der Waals surface area (Å²) in [5.41, 5.74) is 2.44. The first-order valence-corrected chi connectivity index (χ1v) is 8.97. The van der Waals surface area contributed by atoms with Gasteiger partial charge >= 0.3 is 0 Å². The second-order valence-electron chi connectivity index (χ2n) is 5.60. The first-order chi connectivity index (χ1) is 11.9. The molecule has 25 heavy (non-hydrogen) atoms. The van der Waals surface area contributed by atoms with Crippen LogP contribution in [0.2, 0.25) is 5.02 Å². The van der Waals surface area contributed by atoms with Crippen LogP contribution in [0.5, 0.6) is 0 Å². The quantitative estimate of drug-likeness (QED) is 0.544. The van der Waals surface area contributed by atoms with Crippen LogP contribution in [0.25, 0.3) is 6.08 Å². The van der Waals surface area contributed by atoms with Crippen molar-refractivity contribution >= 4 is 63.3 Å². The van der Waals surface area contributed by atoms with Crippen LogP contribution in [0.4, 0.5) is 15.8 Å². The molecule has 1 amide bonds. The lowest BCUT2D eigenvalue weighted by molar-refractivity contribution is -0.113. The lowest BCUT2D eigenvalue weighted by atomic mass is 10.2. The number of carbonyl (C=O) groups excluding carboxylic acids is 1. The van der Waals surface area contributed by atoms with Crippen LogP contribution < -0.4 is 9.80 Å². The standard InChI is InChI=1S/C18H14ClFN2OS2/c1-21(2)12-5-3-11(4-6-12)9-16-17(23)22(18(24)25-16)13-7-8-15(20)14(19)10-13/h3-10H,1-2H3/b16-9+. The molecule has 0 atom stereocenters. The van der Waals surface area contributed by atoms with Gasteiger partial charge in [-0.2, -0.15) is 0 Å². The fourth-order valence-corrected chi connectivity index (χ4v) is 3.81. The molecule has 0 unspecified atom stereocenters. The zero-order valence-corrected chi connectivity index (χ0v) is 15.9. The Morgan fingerprint density at radius 3 is 2.48 bits per heavy atom. The van der Waals surface area contributed by atoms with E-state index in [4.69, 9.17) is 23.8 Å². The van der Waals surface area contributed by atoms with Crippen molar-refractivity contribution in [1.82, 2.24) is 0 Å². The van der Waals surface area contributed by atoms with Gasteiger partial charge in [-0.3, -0.25) is 9.69 Å². The van der Waals surface area contributed by atoms with Crippen LogP contribution in [0.1, 0.15) is 5.56 Å². The largest absolute Gasteiger partial charge is 0.378 e. The average Bonchev–Trinajstić information content (AvgIpc) is 2.85. The zero-order valence-electron chi connectivity index (χ0n) is 13.5. The zero-order chi connectivity index (χ0) is 18.1. The summed E-state index contributed by atoms with van der Waals surface area (Å²) in [6.45, 7) is 0. The van der Waals surface area contributed by atoms with E-state index < -0.39 is 5.82 Å². The lowest BCUT2D eigenvalue weighted by Gasteiger charge is -2.14. The molecule has 0 saturated carbocycles. The van der Waals surface area contributed by atoms with Crippen LogP contribution in [0.15, 0.2) is 47.4 Å². The van der Waals surface area contributed by atoms with E-state index in [0.717, 1.165) is 11.3 Å². The van der Waals surface area contributed by atoms with E-state index in [1.54, 1.807) is 6.08 Å². The Kier molecular flexibility index (Phi) is 5.13. The first kappa shape index (κ1) is 17.9. The van der Waals surface area contributed by atoms with Gasteiger partial charge in [-0.15, -0.1) is 0 Å². The smallest absolute Gasteiger partial charge is 0.270 e. The van der Waals surface area contributed by atoms with Gasteiger partial charge in [-0.25, -0.2) is 4.39 Å². The number of carbonyl (C=O) groups is 1. The second kappa shape index (κ2) is 7.15. The highest BCUT2D eigenvalue weighted by Crippen LogP contribution is 2.37. The Balaban J connectivity index is 1.88. The third kappa shape index (κ3) is 3.71. The van der Waals surface area contributed by atoms with Crippen molar-refractivity contribution in [3.05, 3.63) is 63.8 Å². The van der Waals surface area contributed by atoms with Gasteiger partial charge in [-0.1, -0.05) is 47.7 Å². The molecule has 0 spiro atoms. The van der Waals surface area contributed by atoms with Crippen molar-refractivity contribution in [1.29, 1.82) is 0 Å². The summed E-state index contributed by atoms with van der Waals surface area (Å²) >= 11 is 12.3. The fourth-order valence-electron chi connectivity index (χ4n) is 2.33. The lowest BCUT2D eigenvalue weighted by Crippen LogP contribution is -2.27. The average molecular weight is 393 g/mol. The minimum Gasteiger partial charge on any atom is -0.378 e. The van der Waals surface area contributed by atoms with Crippen molar-refractivity contribution in [2.75, 3.05) is 23.9 Å². The monoisotopic (exact) mass is 392 g/mol.